The molecule has 0 radical (unpaired) electrons. The number of hydrogen-bond donors (Lipinski definition) is 1. The van der Waals surface area contributed by atoms with Gasteiger partial charge in [-0.25, -0.2) is 0 Å². The predicted molar refractivity (Wildman–Crippen MR) is 73.2 cm³/mol. The third kappa shape index (κ3) is 2.64. The Morgan fingerprint density at radius 3 is 2.76 bits per heavy atom. The van der Waals surface area contributed by atoms with Crippen LogP contribution in [0.3, 0.4) is 0 Å². The third-order valence-corrected chi connectivity index (χ3v) is 4.36. The summed E-state index contributed by atoms with van der Waals surface area (Å²) in [7, 11) is 1.97. The average molecular weight is 250 g/mol. The molecule has 2 atom stereocenters. The lowest BCUT2D eigenvalue weighted by Gasteiger charge is -2.12. The average Bonchev–Trinajstić information content (AvgIpc) is 2.64. The maximum atomic E-state index is 9.47. The molecule has 3 nitrogen and oxygen atoms in total. The Hall–Kier alpha value is -1.00. The van der Waals surface area contributed by atoms with E-state index in [2.05, 4.69) is 17.2 Å². The first-order chi connectivity index (χ1) is 8.09. The van der Waals surface area contributed by atoms with E-state index in [9.17, 15) is 5.11 Å². The van der Waals surface area contributed by atoms with Crippen molar-refractivity contribution >= 4 is 22.7 Å². The Balaban J connectivity index is 2.19. The molecule has 17 heavy (non-hydrogen) atoms. The van der Waals surface area contributed by atoms with Crippen LogP contribution in [0.15, 0.2) is 24.3 Å². The molecule has 0 saturated carbocycles. The van der Waals surface area contributed by atoms with Crippen molar-refractivity contribution in [1.82, 2.24) is 9.78 Å². The van der Waals surface area contributed by atoms with Gasteiger partial charge in [0, 0.05) is 23.4 Å². The van der Waals surface area contributed by atoms with Gasteiger partial charge < -0.3 is 5.11 Å². The minimum atomic E-state index is -0.282. The molecule has 0 spiro atoms. The highest BCUT2D eigenvalue weighted by atomic mass is 32.2. The van der Waals surface area contributed by atoms with Gasteiger partial charge in [-0.2, -0.15) is 5.10 Å². The SMILES string of the molecule is CC(O)C(C)SCc1nn(C)c2ccccc12. The molecule has 1 aromatic heterocycles. The first-order valence-electron chi connectivity index (χ1n) is 5.80. The van der Waals surface area contributed by atoms with Crippen LogP contribution in [0.25, 0.3) is 10.9 Å². The molecule has 2 rings (SSSR count). The molecule has 0 amide bonds. The zero-order valence-electron chi connectivity index (χ0n) is 10.4. The van der Waals surface area contributed by atoms with Crippen LogP contribution in [0.4, 0.5) is 0 Å². The Morgan fingerprint density at radius 1 is 1.35 bits per heavy atom. The lowest BCUT2D eigenvalue weighted by molar-refractivity contribution is 0.196. The fourth-order valence-electron chi connectivity index (χ4n) is 1.74. The Kier molecular flexibility index (Phi) is 3.74. The van der Waals surface area contributed by atoms with E-state index in [4.69, 9.17) is 0 Å². The van der Waals surface area contributed by atoms with Crippen molar-refractivity contribution in [3.8, 4) is 0 Å². The summed E-state index contributed by atoms with van der Waals surface area (Å²) in [6, 6.07) is 8.25. The molecule has 0 aliphatic carbocycles. The monoisotopic (exact) mass is 250 g/mol. The van der Waals surface area contributed by atoms with E-state index in [1.54, 1.807) is 11.8 Å². The van der Waals surface area contributed by atoms with E-state index in [0.717, 1.165) is 17.0 Å². The Morgan fingerprint density at radius 2 is 2.06 bits per heavy atom. The quantitative estimate of drug-likeness (QED) is 0.906. The largest absolute Gasteiger partial charge is 0.392 e. The number of nitrogens with zero attached hydrogens (tertiary/aromatic N) is 2. The summed E-state index contributed by atoms with van der Waals surface area (Å²) < 4.78 is 1.91. The molecular formula is C13H18N2OS. The number of fused-ring (bicyclic) bond motifs is 1. The highest BCUT2D eigenvalue weighted by molar-refractivity contribution is 7.99. The molecule has 0 aliphatic heterocycles. The Bertz CT molecular complexity index is 507. The minimum absolute atomic E-state index is 0.232. The van der Waals surface area contributed by atoms with Crippen molar-refractivity contribution in [3.05, 3.63) is 30.0 Å². The Labute approximate surface area is 106 Å². The van der Waals surface area contributed by atoms with Crippen LogP contribution in [-0.2, 0) is 12.8 Å². The second kappa shape index (κ2) is 5.10. The molecule has 0 fully saturated rings. The number of aryl methyl sites for hydroxylation is 1. The molecule has 2 aromatic rings. The van der Waals surface area contributed by atoms with E-state index in [1.807, 2.05) is 37.7 Å². The zero-order valence-corrected chi connectivity index (χ0v) is 11.2. The first kappa shape index (κ1) is 12.5. The molecule has 2 unspecified atom stereocenters. The molecular weight excluding hydrogens is 232 g/mol. The maximum Gasteiger partial charge on any atom is 0.0802 e. The molecule has 0 bridgehead atoms. The van der Waals surface area contributed by atoms with Gasteiger partial charge in [0.15, 0.2) is 0 Å². The van der Waals surface area contributed by atoms with E-state index in [1.165, 1.54) is 5.39 Å². The van der Waals surface area contributed by atoms with Crippen molar-refractivity contribution < 1.29 is 5.11 Å². The van der Waals surface area contributed by atoms with Crippen LogP contribution in [0, 0.1) is 0 Å². The standard InChI is InChI=1S/C13H18N2OS/c1-9(16)10(2)17-8-12-11-6-4-5-7-13(11)15(3)14-12/h4-7,9-10,16H,8H2,1-3H3. The highest BCUT2D eigenvalue weighted by Gasteiger charge is 2.12. The van der Waals surface area contributed by atoms with Gasteiger partial charge >= 0.3 is 0 Å². The van der Waals surface area contributed by atoms with Crippen LogP contribution >= 0.6 is 11.8 Å². The van der Waals surface area contributed by atoms with Gasteiger partial charge in [0.05, 0.1) is 17.3 Å². The van der Waals surface area contributed by atoms with Crippen molar-refractivity contribution in [2.45, 2.75) is 31.0 Å². The lowest BCUT2D eigenvalue weighted by atomic mass is 10.2. The number of thioether (sulfide) groups is 1. The van der Waals surface area contributed by atoms with Gasteiger partial charge in [-0.15, -0.1) is 11.8 Å². The smallest absolute Gasteiger partial charge is 0.0802 e. The number of aliphatic hydroxyl groups is 1. The van der Waals surface area contributed by atoms with E-state index >= 15 is 0 Å². The number of rotatable bonds is 4. The van der Waals surface area contributed by atoms with E-state index in [-0.39, 0.29) is 11.4 Å². The predicted octanol–water partition coefficient (Wildman–Crippen LogP) is 2.58. The van der Waals surface area contributed by atoms with Crippen LogP contribution in [-0.4, -0.2) is 26.2 Å². The number of aromatic nitrogens is 2. The van der Waals surface area contributed by atoms with Crippen molar-refractivity contribution in [1.29, 1.82) is 0 Å². The zero-order chi connectivity index (χ0) is 12.4. The molecule has 1 aromatic carbocycles. The lowest BCUT2D eigenvalue weighted by Crippen LogP contribution is -2.15. The number of para-hydroxylation sites is 1. The van der Waals surface area contributed by atoms with E-state index in [0.29, 0.717) is 0 Å². The normalized spacial score (nSPS) is 15.1. The molecule has 4 heteroatoms. The van der Waals surface area contributed by atoms with Gasteiger partial charge in [-0.1, -0.05) is 25.1 Å². The summed E-state index contributed by atoms with van der Waals surface area (Å²) in [4.78, 5) is 0. The number of benzene rings is 1. The van der Waals surface area contributed by atoms with Gasteiger partial charge in [0.1, 0.15) is 0 Å². The number of aliphatic hydroxyl groups excluding tert-OH is 1. The fourth-order valence-corrected chi connectivity index (χ4v) is 2.66. The fraction of sp³-hybridized carbons (Fsp3) is 0.462. The summed E-state index contributed by atoms with van der Waals surface area (Å²) in [5, 5.41) is 15.4. The van der Waals surface area contributed by atoms with Crippen molar-refractivity contribution in [2.75, 3.05) is 0 Å². The summed E-state index contributed by atoms with van der Waals surface area (Å²) in [6.45, 7) is 3.87. The molecule has 1 heterocycles. The first-order valence-corrected chi connectivity index (χ1v) is 6.84. The molecule has 0 aliphatic rings. The van der Waals surface area contributed by atoms with Gasteiger partial charge in [0.25, 0.3) is 0 Å². The van der Waals surface area contributed by atoms with Gasteiger partial charge in [-0.05, 0) is 13.0 Å². The van der Waals surface area contributed by atoms with Gasteiger partial charge in [0.2, 0.25) is 0 Å². The topological polar surface area (TPSA) is 38.1 Å². The van der Waals surface area contributed by atoms with Crippen molar-refractivity contribution in [2.24, 2.45) is 7.05 Å². The minimum Gasteiger partial charge on any atom is -0.392 e. The molecule has 1 N–H and O–H groups in total. The van der Waals surface area contributed by atoms with Crippen LogP contribution in [0.5, 0.6) is 0 Å². The summed E-state index contributed by atoms with van der Waals surface area (Å²) in [5.41, 5.74) is 2.26. The third-order valence-electron chi connectivity index (χ3n) is 3.00. The highest BCUT2D eigenvalue weighted by Crippen LogP contribution is 2.24. The van der Waals surface area contributed by atoms with Crippen LogP contribution < -0.4 is 0 Å². The second-order valence-electron chi connectivity index (χ2n) is 4.34. The summed E-state index contributed by atoms with van der Waals surface area (Å²) >= 11 is 1.74. The van der Waals surface area contributed by atoms with Crippen molar-refractivity contribution in [3.63, 3.8) is 0 Å². The van der Waals surface area contributed by atoms with Crippen LogP contribution in [0.1, 0.15) is 19.5 Å². The van der Waals surface area contributed by atoms with E-state index < -0.39 is 0 Å². The van der Waals surface area contributed by atoms with Crippen LogP contribution in [0.2, 0.25) is 0 Å². The second-order valence-corrected chi connectivity index (χ2v) is 5.71. The molecule has 92 valence electrons. The maximum absolute atomic E-state index is 9.47. The number of hydrogen-bond acceptors (Lipinski definition) is 3. The van der Waals surface area contributed by atoms with Gasteiger partial charge in [-0.3, -0.25) is 4.68 Å². The summed E-state index contributed by atoms with van der Waals surface area (Å²) in [6.07, 6.45) is -0.282. The summed E-state index contributed by atoms with van der Waals surface area (Å²) in [5.74, 6) is 0.841. The molecule has 0 saturated heterocycles.